The standard InChI is InChI=1S/C11H18N2/c1-11(2)8-12-10(7-13-11)9-5-3-4-6-9/h7,9H,3-6,8H2,1-2H3. The van der Waals surface area contributed by atoms with Crippen molar-refractivity contribution in [1.29, 1.82) is 0 Å². The van der Waals surface area contributed by atoms with Crippen molar-refractivity contribution in [3.8, 4) is 0 Å². The number of nitrogens with zero attached hydrogens (tertiary/aromatic N) is 2. The first kappa shape index (κ1) is 8.92. The Labute approximate surface area is 80.2 Å². The molecule has 2 aliphatic rings. The van der Waals surface area contributed by atoms with Gasteiger partial charge in [-0.15, -0.1) is 0 Å². The summed E-state index contributed by atoms with van der Waals surface area (Å²) in [6, 6.07) is 0. The summed E-state index contributed by atoms with van der Waals surface area (Å²) in [5.41, 5.74) is 1.30. The Morgan fingerprint density at radius 2 is 2.00 bits per heavy atom. The number of aliphatic imine (C=N–C) groups is 2. The third-order valence-corrected chi connectivity index (χ3v) is 2.97. The molecular formula is C11H18N2. The molecule has 0 aromatic rings. The molecule has 0 saturated heterocycles. The van der Waals surface area contributed by atoms with Gasteiger partial charge in [-0.05, 0) is 26.7 Å². The van der Waals surface area contributed by atoms with Crippen molar-refractivity contribution in [3.05, 3.63) is 0 Å². The Kier molecular flexibility index (Phi) is 2.22. The van der Waals surface area contributed by atoms with Crippen LogP contribution >= 0.6 is 0 Å². The topological polar surface area (TPSA) is 24.7 Å². The molecule has 13 heavy (non-hydrogen) atoms. The maximum atomic E-state index is 4.63. The van der Waals surface area contributed by atoms with Crippen LogP contribution < -0.4 is 0 Å². The van der Waals surface area contributed by atoms with Crippen LogP contribution in [-0.2, 0) is 0 Å². The lowest BCUT2D eigenvalue weighted by molar-refractivity contribution is 0.531. The van der Waals surface area contributed by atoms with Crippen molar-refractivity contribution in [2.24, 2.45) is 15.9 Å². The zero-order chi connectivity index (χ0) is 9.31. The van der Waals surface area contributed by atoms with Crippen molar-refractivity contribution in [2.45, 2.75) is 45.1 Å². The highest BCUT2D eigenvalue weighted by atomic mass is 15.0. The van der Waals surface area contributed by atoms with E-state index in [2.05, 4.69) is 23.8 Å². The Morgan fingerprint density at radius 1 is 1.31 bits per heavy atom. The van der Waals surface area contributed by atoms with Gasteiger partial charge in [-0.3, -0.25) is 9.98 Å². The molecule has 0 aromatic carbocycles. The lowest BCUT2D eigenvalue weighted by Gasteiger charge is -2.23. The first-order valence-corrected chi connectivity index (χ1v) is 5.27. The molecule has 0 aromatic heterocycles. The van der Waals surface area contributed by atoms with Crippen LogP contribution in [0.1, 0.15) is 39.5 Å². The maximum absolute atomic E-state index is 4.63. The molecular weight excluding hydrogens is 160 g/mol. The van der Waals surface area contributed by atoms with Gasteiger partial charge in [0.25, 0.3) is 0 Å². The molecule has 1 aliphatic heterocycles. The highest BCUT2D eigenvalue weighted by Gasteiger charge is 2.24. The fourth-order valence-electron chi connectivity index (χ4n) is 2.06. The van der Waals surface area contributed by atoms with Crippen LogP contribution in [0.3, 0.4) is 0 Å². The van der Waals surface area contributed by atoms with E-state index >= 15 is 0 Å². The molecule has 0 unspecified atom stereocenters. The predicted octanol–water partition coefficient (Wildman–Crippen LogP) is 2.48. The summed E-state index contributed by atoms with van der Waals surface area (Å²) in [5.74, 6) is 0.722. The normalized spacial score (nSPS) is 27.7. The zero-order valence-electron chi connectivity index (χ0n) is 8.58. The largest absolute Gasteiger partial charge is 0.285 e. The van der Waals surface area contributed by atoms with Gasteiger partial charge in [-0.2, -0.15) is 0 Å². The van der Waals surface area contributed by atoms with E-state index in [4.69, 9.17) is 0 Å². The van der Waals surface area contributed by atoms with E-state index in [0.29, 0.717) is 0 Å². The summed E-state index contributed by atoms with van der Waals surface area (Å²) in [4.78, 5) is 9.16. The van der Waals surface area contributed by atoms with Gasteiger partial charge in [0.1, 0.15) is 0 Å². The van der Waals surface area contributed by atoms with E-state index in [-0.39, 0.29) is 5.54 Å². The second-order valence-electron chi connectivity index (χ2n) is 4.79. The fourth-order valence-corrected chi connectivity index (χ4v) is 2.06. The maximum Gasteiger partial charge on any atom is 0.0747 e. The molecule has 0 spiro atoms. The molecule has 0 atom stereocenters. The molecule has 0 amide bonds. The average Bonchev–Trinajstić information content (AvgIpc) is 2.56. The van der Waals surface area contributed by atoms with Gasteiger partial charge >= 0.3 is 0 Å². The van der Waals surface area contributed by atoms with E-state index in [1.165, 1.54) is 31.4 Å². The second-order valence-corrected chi connectivity index (χ2v) is 4.79. The van der Waals surface area contributed by atoms with Crippen LogP contribution in [0.4, 0.5) is 0 Å². The average molecular weight is 178 g/mol. The number of rotatable bonds is 1. The van der Waals surface area contributed by atoms with Crippen LogP contribution in [0.2, 0.25) is 0 Å². The summed E-state index contributed by atoms with van der Waals surface area (Å²) in [7, 11) is 0. The highest BCUT2D eigenvalue weighted by molar-refractivity contribution is 6.32. The summed E-state index contributed by atoms with van der Waals surface area (Å²) >= 11 is 0. The Hall–Kier alpha value is -0.660. The van der Waals surface area contributed by atoms with Gasteiger partial charge in [0.15, 0.2) is 0 Å². The van der Waals surface area contributed by atoms with Gasteiger partial charge in [-0.1, -0.05) is 12.8 Å². The monoisotopic (exact) mass is 178 g/mol. The van der Waals surface area contributed by atoms with Crippen molar-refractivity contribution < 1.29 is 0 Å². The molecule has 0 radical (unpaired) electrons. The summed E-state index contributed by atoms with van der Waals surface area (Å²) in [5, 5.41) is 0. The van der Waals surface area contributed by atoms with Gasteiger partial charge in [0, 0.05) is 12.1 Å². The van der Waals surface area contributed by atoms with Crippen LogP contribution in [0, 0.1) is 5.92 Å². The molecule has 2 rings (SSSR count). The first-order valence-electron chi connectivity index (χ1n) is 5.27. The molecule has 2 nitrogen and oxygen atoms in total. The molecule has 2 heteroatoms. The molecule has 0 N–H and O–H groups in total. The van der Waals surface area contributed by atoms with E-state index in [1.54, 1.807) is 0 Å². The zero-order valence-corrected chi connectivity index (χ0v) is 8.58. The van der Waals surface area contributed by atoms with E-state index in [1.807, 2.05) is 6.21 Å². The minimum atomic E-state index is 0.0438. The highest BCUT2D eigenvalue weighted by Crippen LogP contribution is 2.27. The van der Waals surface area contributed by atoms with Crippen LogP contribution in [0.15, 0.2) is 9.98 Å². The molecule has 1 saturated carbocycles. The summed E-state index contributed by atoms with van der Waals surface area (Å²) in [6.07, 6.45) is 7.41. The number of hydrogen-bond donors (Lipinski definition) is 0. The van der Waals surface area contributed by atoms with E-state index in [0.717, 1.165) is 12.5 Å². The Morgan fingerprint density at radius 3 is 2.54 bits per heavy atom. The van der Waals surface area contributed by atoms with Crippen LogP contribution in [0.25, 0.3) is 0 Å². The SMILES string of the molecule is CC1(C)CN=C(C2CCCC2)C=N1. The van der Waals surface area contributed by atoms with E-state index < -0.39 is 0 Å². The molecule has 1 heterocycles. The predicted molar refractivity (Wildman–Crippen MR) is 56.8 cm³/mol. The summed E-state index contributed by atoms with van der Waals surface area (Å²) in [6.45, 7) is 5.15. The van der Waals surface area contributed by atoms with Crippen LogP contribution in [0.5, 0.6) is 0 Å². The lowest BCUT2D eigenvalue weighted by Crippen LogP contribution is -2.29. The molecule has 0 bridgehead atoms. The molecule has 72 valence electrons. The Balaban J connectivity index is 2.03. The molecule has 1 aliphatic carbocycles. The third kappa shape index (κ3) is 1.98. The fraction of sp³-hybridized carbons (Fsp3) is 0.818. The minimum Gasteiger partial charge on any atom is -0.285 e. The second kappa shape index (κ2) is 3.24. The first-order chi connectivity index (χ1) is 6.17. The summed E-state index contributed by atoms with van der Waals surface area (Å²) < 4.78 is 0. The van der Waals surface area contributed by atoms with Crippen LogP contribution in [-0.4, -0.2) is 24.0 Å². The van der Waals surface area contributed by atoms with Crippen molar-refractivity contribution in [2.75, 3.05) is 6.54 Å². The Bertz CT molecular complexity index is 245. The third-order valence-electron chi connectivity index (χ3n) is 2.97. The smallest absolute Gasteiger partial charge is 0.0747 e. The quantitative estimate of drug-likeness (QED) is 0.589. The van der Waals surface area contributed by atoms with Gasteiger partial charge in [-0.25, -0.2) is 0 Å². The molecule has 1 fully saturated rings. The van der Waals surface area contributed by atoms with Crippen molar-refractivity contribution in [1.82, 2.24) is 0 Å². The van der Waals surface area contributed by atoms with Gasteiger partial charge in [0.05, 0.1) is 17.8 Å². The number of hydrogen-bond acceptors (Lipinski definition) is 2. The minimum absolute atomic E-state index is 0.0438. The van der Waals surface area contributed by atoms with Crippen molar-refractivity contribution in [3.63, 3.8) is 0 Å². The van der Waals surface area contributed by atoms with E-state index in [9.17, 15) is 0 Å². The van der Waals surface area contributed by atoms with Gasteiger partial charge < -0.3 is 0 Å². The van der Waals surface area contributed by atoms with Gasteiger partial charge in [0.2, 0.25) is 0 Å². The van der Waals surface area contributed by atoms with Crippen molar-refractivity contribution >= 4 is 11.9 Å². The lowest BCUT2D eigenvalue weighted by atomic mass is 9.99.